The molecule has 3 fully saturated rings. The number of benzene rings is 1. The van der Waals surface area contributed by atoms with Crippen molar-refractivity contribution < 1.29 is 19.5 Å². The second-order valence-electron chi connectivity index (χ2n) is 7.45. The van der Waals surface area contributed by atoms with E-state index >= 15 is 0 Å². The average Bonchev–Trinajstić information content (AvgIpc) is 3.00. The Labute approximate surface area is 146 Å². The van der Waals surface area contributed by atoms with Gasteiger partial charge >= 0.3 is 0 Å². The fourth-order valence-corrected chi connectivity index (χ4v) is 5.54. The maximum Gasteiger partial charge on any atom is 0.264 e. The Hall–Kier alpha value is -1.76. The third kappa shape index (κ3) is 1.70. The summed E-state index contributed by atoms with van der Waals surface area (Å²) < 4.78 is 6.12. The lowest BCUT2D eigenvalue weighted by Crippen LogP contribution is -2.58. The second-order valence-corrected chi connectivity index (χ2v) is 7.45. The van der Waals surface area contributed by atoms with E-state index in [0.29, 0.717) is 13.0 Å². The van der Waals surface area contributed by atoms with Crippen molar-refractivity contribution in [2.24, 2.45) is 16.8 Å². The number of anilines is 1. The molecule has 1 saturated carbocycles. The Kier molecular flexibility index (Phi) is 3.18. The summed E-state index contributed by atoms with van der Waals surface area (Å²) >= 11 is 0. The average molecular weight is 342 g/mol. The number of hydrogen-bond acceptors (Lipinski definition) is 5. The summed E-state index contributed by atoms with van der Waals surface area (Å²) in [6.45, 7) is 2.63. The number of aliphatic hydroxyl groups is 1. The van der Waals surface area contributed by atoms with E-state index in [9.17, 15) is 9.90 Å². The predicted molar refractivity (Wildman–Crippen MR) is 91.5 cm³/mol. The minimum absolute atomic E-state index is 0.00434. The molecule has 4 bridgehead atoms. The van der Waals surface area contributed by atoms with Gasteiger partial charge in [-0.05, 0) is 24.5 Å². The summed E-state index contributed by atoms with van der Waals surface area (Å²) in [7, 11) is 1.50. The van der Waals surface area contributed by atoms with E-state index in [4.69, 9.17) is 14.6 Å². The summed E-state index contributed by atoms with van der Waals surface area (Å²) in [4.78, 5) is 23.7. The Morgan fingerprint density at radius 1 is 1.44 bits per heavy atom. The standard InChI is InChI=1S/C19H22N2O4/c1-3-12-15-10-9-25-17(16(15)22)19(8-13(10)20-12)11-6-4-5-7-14(11)21(24-2)18(19)23/h4-7,10,13,15-17,22H,3,8-9H2,1-2H3/t10-,13+,15-,16-,17-,19-/m1/s1. The molecule has 1 amide bonds. The number of aliphatic hydroxyl groups excluding tert-OH is 1. The van der Waals surface area contributed by atoms with Gasteiger partial charge in [0.05, 0.1) is 31.5 Å². The van der Waals surface area contributed by atoms with Gasteiger partial charge in [0, 0.05) is 17.5 Å². The fraction of sp³-hybridized carbons (Fsp3) is 0.579. The largest absolute Gasteiger partial charge is 0.390 e. The van der Waals surface area contributed by atoms with Crippen LogP contribution < -0.4 is 5.06 Å². The van der Waals surface area contributed by atoms with E-state index in [0.717, 1.165) is 23.4 Å². The summed E-state index contributed by atoms with van der Waals surface area (Å²) in [5.41, 5.74) is 1.77. The molecule has 25 heavy (non-hydrogen) atoms. The van der Waals surface area contributed by atoms with Crippen LogP contribution in [0.15, 0.2) is 29.3 Å². The molecule has 6 atom stereocenters. The molecule has 4 aliphatic heterocycles. The number of para-hydroxylation sites is 1. The van der Waals surface area contributed by atoms with Crippen molar-refractivity contribution in [2.45, 2.75) is 43.4 Å². The summed E-state index contributed by atoms with van der Waals surface area (Å²) in [6.07, 6.45) is 0.113. The number of hydroxylamine groups is 1. The van der Waals surface area contributed by atoms with E-state index < -0.39 is 17.6 Å². The molecule has 4 heterocycles. The van der Waals surface area contributed by atoms with Crippen molar-refractivity contribution in [1.29, 1.82) is 0 Å². The predicted octanol–water partition coefficient (Wildman–Crippen LogP) is 1.46. The molecule has 0 radical (unpaired) electrons. The maximum absolute atomic E-state index is 13.4. The molecule has 1 aliphatic carbocycles. The highest BCUT2D eigenvalue weighted by atomic mass is 16.7. The van der Waals surface area contributed by atoms with Crippen LogP contribution in [0.5, 0.6) is 0 Å². The molecule has 0 aromatic heterocycles. The zero-order chi connectivity index (χ0) is 17.3. The van der Waals surface area contributed by atoms with Gasteiger partial charge in [-0.2, -0.15) is 5.06 Å². The first-order valence-corrected chi connectivity index (χ1v) is 8.98. The first-order valence-electron chi connectivity index (χ1n) is 8.98. The van der Waals surface area contributed by atoms with Crippen molar-refractivity contribution in [3.8, 4) is 0 Å². The SMILES string of the molecule is CCC1=N[C@H]2C[C@]3(C(=O)N(OC)c4ccccc43)[C@@H]3OC[C@H]2[C@H]1[C@H]3O. The van der Waals surface area contributed by atoms with Crippen molar-refractivity contribution >= 4 is 17.3 Å². The van der Waals surface area contributed by atoms with Gasteiger partial charge in [-0.25, -0.2) is 0 Å². The molecule has 5 aliphatic rings. The van der Waals surface area contributed by atoms with Crippen LogP contribution in [0.25, 0.3) is 0 Å². The van der Waals surface area contributed by atoms with Crippen LogP contribution in [0.2, 0.25) is 0 Å². The van der Waals surface area contributed by atoms with Gasteiger partial charge in [-0.1, -0.05) is 25.1 Å². The van der Waals surface area contributed by atoms with E-state index in [1.807, 2.05) is 24.3 Å². The quantitative estimate of drug-likeness (QED) is 0.883. The van der Waals surface area contributed by atoms with E-state index in [1.54, 1.807) is 0 Å². The van der Waals surface area contributed by atoms with E-state index in [-0.39, 0.29) is 23.8 Å². The van der Waals surface area contributed by atoms with Crippen molar-refractivity contribution in [3.63, 3.8) is 0 Å². The van der Waals surface area contributed by atoms with Crippen molar-refractivity contribution in [2.75, 3.05) is 18.8 Å². The molecule has 1 N–H and O–H groups in total. The summed E-state index contributed by atoms with van der Waals surface area (Å²) in [5, 5.41) is 12.5. The van der Waals surface area contributed by atoms with Crippen LogP contribution in [-0.4, -0.2) is 48.7 Å². The number of carbonyl (C=O) groups is 1. The third-order valence-electron chi connectivity index (χ3n) is 6.55. The molecule has 132 valence electrons. The molecule has 2 saturated heterocycles. The van der Waals surface area contributed by atoms with Crippen LogP contribution in [-0.2, 0) is 19.8 Å². The van der Waals surface area contributed by atoms with Gasteiger partial charge in [-0.3, -0.25) is 14.6 Å². The molecule has 1 spiro atoms. The number of fused-ring (bicyclic) bond motifs is 2. The van der Waals surface area contributed by atoms with E-state index in [2.05, 4.69) is 6.92 Å². The first kappa shape index (κ1) is 15.5. The topological polar surface area (TPSA) is 71.4 Å². The number of ether oxygens (including phenoxy) is 1. The number of hydrogen-bond donors (Lipinski definition) is 1. The lowest BCUT2D eigenvalue weighted by Gasteiger charge is -2.42. The Morgan fingerprint density at radius 2 is 2.24 bits per heavy atom. The molecule has 6 rings (SSSR count). The van der Waals surface area contributed by atoms with Gasteiger partial charge in [0.2, 0.25) is 0 Å². The molecule has 0 unspecified atom stereocenters. The normalized spacial score (nSPS) is 41.2. The Morgan fingerprint density at radius 3 is 3.00 bits per heavy atom. The minimum Gasteiger partial charge on any atom is -0.390 e. The molecule has 6 heteroatoms. The highest BCUT2D eigenvalue weighted by Crippen LogP contribution is 2.56. The third-order valence-corrected chi connectivity index (χ3v) is 6.55. The monoisotopic (exact) mass is 342 g/mol. The van der Waals surface area contributed by atoms with E-state index in [1.165, 1.54) is 12.2 Å². The zero-order valence-corrected chi connectivity index (χ0v) is 14.4. The smallest absolute Gasteiger partial charge is 0.264 e. The van der Waals surface area contributed by atoms with Crippen LogP contribution >= 0.6 is 0 Å². The molecule has 6 nitrogen and oxygen atoms in total. The van der Waals surface area contributed by atoms with Crippen LogP contribution in [0.3, 0.4) is 0 Å². The zero-order valence-electron chi connectivity index (χ0n) is 14.4. The molecule has 1 aromatic rings. The van der Waals surface area contributed by atoms with Gasteiger partial charge < -0.3 is 9.84 Å². The number of carbonyl (C=O) groups excluding carboxylic acids is 1. The number of amides is 1. The number of rotatable bonds is 2. The molecule has 1 aromatic carbocycles. The lowest BCUT2D eigenvalue weighted by molar-refractivity contribution is -0.152. The molecular weight excluding hydrogens is 320 g/mol. The van der Waals surface area contributed by atoms with Crippen molar-refractivity contribution in [3.05, 3.63) is 29.8 Å². The fourth-order valence-electron chi connectivity index (χ4n) is 5.54. The summed E-state index contributed by atoms with van der Waals surface area (Å²) in [6, 6.07) is 7.67. The van der Waals surface area contributed by atoms with Crippen molar-refractivity contribution in [1.82, 2.24) is 0 Å². The number of nitrogens with zero attached hydrogens (tertiary/aromatic N) is 2. The van der Waals surface area contributed by atoms with Gasteiger partial charge in [0.15, 0.2) is 0 Å². The highest BCUT2D eigenvalue weighted by molar-refractivity contribution is 6.07. The maximum atomic E-state index is 13.4. The number of aliphatic imine (C=N–C) groups is 1. The minimum atomic E-state index is -0.928. The van der Waals surface area contributed by atoms with Gasteiger partial charge in [0.1, 0.15) is 11.5 Å². The summed E-state index contributed by atoms with van der Waals surface area (Å²) in [5.74, 6) is 0.0171. The molecular formula is C19H22N2O4. The van der Waals surface area contributed by atoms with Gasteiger partial charge in [0.25, 0.3) is 5.91 Å². The highest BCUT2D eigenvalue weighted by Gasteiger charge is 2.67. The van der Waals surface area contributed by atoms with Crippen LogP contribution in [0.4, 0.5) is 5.69 Å². The second kappa shape index (κ2) is 5.13. The Balaban J connectivity index is 1.73. The van der Waals surface area contributed by atoms with Crippen LogP contribution in [0, 0.1) is 11.8 Å². The Bertz CT molecular complexity index is 778. The van der Waals surface area contributed by atoms with Gasteiger partial charge in [-0.15, -0.1) is 0 Å². The van der Waals surface area contributed by atoms with Crippen LogP contribution in [0.1, 0.15) is 25.3 Å². The first-order chi connectivity index (χ1) is 12.1. The lowest BCUT2D eigenvalue weighted by atomic mass is 9.70.